The molecule has 6 heteroatoms. The first-order valence-electron chi connectivity index (χ1n) is 12.3. The van der Waals surface area contributed by atoms with E-state index in [1.54, 1.807) is 18.6 Å². The first-order valence-corrected chi connectivity index (χ1v) is 12.3. The topological polar surface area (TPSA) is 93.8 Å². The molecule has 0 unspecified atom stereocenters. The van der Waals surface area contributed by atoms with E-state index in [0.717, 1.165) is 17.6 Å². The Hall–Kier alpha value is -2.63. The van der Waals surface area contributed by atoms with Gasteiger partial charge in [0.15, 0.2) is 11.5 Å². The number of carbonyl (C=O) groups is 3. The Labute approximate surface area is 200 Å². The number of fused-ring (bicyclic) bond motifs is 4. The minimum atomic E-state index is -0.904. The third kappa shape index (κ3) is 2.89. The Kier molecular flexibility index (Phi) is 5.06. The SMILES string of the molecule is CC(=O)O[C@H]1C[C@]2(C)C(=CC[C@H]2c2ccoc2)[C@]2(C)C(=O)C[C@@H](C(C)C)[C@]3(C=C(O)C(=O)C3)[C@@H]12. The minimum Gasteiger partial charge on any atom is -0.505 e. The molecule has 1 aromatic heterocycles. The Morgan fingerprint density at radius 2 is 2.00 bits per heavy atom. The highest BCUT2D eigenvalue weighted by Gasteiger charge is 2.71. The zero-order valence-electron chi connectivity index (χ0n) is 20.6. The maximum Gasteiger partial charge on any atom is 0.302 e. The fourth-order valence-corrected chi connectivity index (χ4v) is 8.44. The summed E-state index contributed by atoms with van der Waals surface area (Å²) in [4.78, 5) is 39.2. The standard InChI is InChI=1S/C28H34O6/c1-15(2)19-10-24(32)27(5)23-7-6-18(17-8-9-33-14-17)26(23,4)13-22(34-16(3)29)25(27)28(19)11-20(30)21(31)12-28/h7-9,11,14-15,18-19,22,25,30H,6,10,12-13H2,1-5H3/t18-,19-,22-,25-,26-,27+,28+/m0/s1. The quantitative estimate of drug-likeness (QED) is 0.480. The molecule has 2 fully saturated rings. The van der Waals surface area contributed by atoms with Crippen LogP contribution in [-0.2, 0) is 19.1 Å². The number of hydrogen-bond acceptors (Lipinski definition) is 6. The molecule has 7 atom stereocenters. The predicted molar refractivity (Wildman–Crippen MR) is 125 cm³/mol. The summed E-state index contributed by atoms with van der Waals surface area (Å²) in [7, 11) is 0. The lowest BCUT2D eigenvalue weighted by molar-refractivity contribution is -0.183. The van der Waals surface area contributed by atoms with E-state index < -0.39 is 34.2 Å². The van der Waals surface area contributed by atoms with E-state index in [-0.39, 0.29) is 41.5 Å². The van der Waals surface area contributed by atoms with Crippen LogP contribution in [-0.4, -0.2) is 28.7 Å². The predicted octanol–water partition coefficient (Wildman–Crippen LogP) is 5.30. The molecule has 4 aliphatic carbocycles. The van der Waals surface area contributed by atoms with Crippen molar-refractivity contribution in [1.29, 1.82) is 0 Å². The second-order valence-electron chi connectivity index (χ2n) is 11.6. The fraction of sp³-hybridized carbons (Fsp3) is 0.607. The van der Waals surface area contributed by atoms with Gasteiger partial charge in [-0.15, -0.1) is 0 Å². The van der Waals surface area contributed by atoms with Gasteiger partial charge in [0.25, 0.3) is 0 Å². The summed E-state index contributed by atoms with van der Waals surface area (Å²) in [6, 6.07) is 1.97. The molecule has 0 aliphatic heterocycles. The Bertz CT molecular complexity index is 1110. The summed E-state index contributed by atoms with van der Waals surface area (Å²) in [5, 5.41) is 10.5. The summed E-state index contributed by atoms with van der Waals surface area (Å²) in [5.74, 6) is -1.11. The van der Waals surface area contributed by atoms with Crippen LogP contribution in [0.5, 0.6) is 0 Å². The lowest BCUT2D eigenvalue weighted by Gasteiger charge is -2.63. The number of allylic oxidation sites excluding steroid dienone is 4. The monoisotopic (exact) mass is 466 g/mol. The van der Waals surface area contributed by atoms with Crippen LogP contribution >= 0.6 is 0 Å². The van der Waals surface area contributed by atoms with Crippen molar-refractivity contribution in [3.8, 4) is 0 Å². The van der Waals surface area contributed by atoms with Gasteiger partial charge in [0.1, 0.15) is 11.9 Å². The van der Waals surface area contributed by atoms with Crippen LogP contribution < -0.4 is 0 Å². The van der Waals surface area contributed by atoms with Crippen molar-refractivity contribution in [3.05, 3.63) is 47.6 Å². The largest absolute Gasteiger partial charge is 0.505 e. The van der Waals surface area contributed by atoms with Crippen LogP contribution in [0.25, 0.3) is 0 Å². The van der Waals surface area contributed by atoms with E-state index in [4.69, 9.17) is 9.15 Å². The molecule has 0 saturated heterocycles. The minimum absolute atomic E-state index is 0.109. The Balaban J connectivity index is 1.72. The zero-order valence-corrected chi connectivity index (χ0v) is 20.6. The number of rotatable bonds is 3. The number of ketones is 2. The number of aliphatic hydroxyl groups excluding tert-OH is 1. The molecular formula is C28H34O6. The molecule has 1 N–H and O–H groups in total. The van der Waals surface area contributed by atoms with Crippen molar-refractivity contribution in [2.24, 2.45) is 34.0 Å². The smallest absolute Gasteiger partial charge is 0.302 e. The zero-order chi connectivity index (χ0) is 24.6. The maximum absolute atomic E-state index is 14.1. The van der Waals surface area contributed by atoms with Crippen LogP contribution in [0.3, 0.4) is 0 Å². The number of ether oxygens (including phenoxy) is 1. The van der Waals surface area contributed by atoms with Crippen molar-refractivity contribution < 1.29 is 28.6 Å². The molecule has 1 aromatic rings. The number of furan rings is 1. The number of carbonyl (C=O) groups excluding carboxylic acids is 3. The second-order valence-corrected chi connectivity index (χ2v) is 11.6. The Morgan fingerprint density at radius 1 is 1.26 bits per heavy atom. The van der Waals surface area contributed by atoms with Crippen LogP contribution in [0.1, 0.15) is 71.8 Å². The van der Waals surface area contributed by atoms with E-state index in [2.05, 4.69) is 26.8 Å². The number of aliphatic hydroxyl groups is 1. The molecule has 1 spiro atoms. The van der Waals surface area contributed by atoms with Crippen molar-refractivity contribution in [3.63, 3.8) is 0 Å². The summed E-state index contributed by atoms with van der Waals surface area (Å²) in [5.41, 5.74) is 0.111. The van der Waals surface area contributed by atoms with Gasteiger partial charge in [-0.3, -0.25) is 14.4 Å². The molecule has 6 nitrogen and oxygen atoms in total. The van der Waals surface area contributed by atoms with Gasteiger partial charge in [0.05, 0.1) is 17.9 Å². The van der Waals surface area contributed by atoms with Gasteiger partial charge < -0.3 is 14.3 Å². The third-order valence-corrected chi connectivity index (χ3v) is 9.60. The molecular weight excluding hydrogens is 432 g/mol. The van der Waals surface area contributed by atoms with Crippen molar-refractivity contribution >= 4 is 17.5 Å². The highest BCUT2D eigenvalue weighted by atomic mass is 16.5. The lowest BCUT2D eigenvalue weighted by atomic mass is 9.40. The average Bonchev–Trinajstić information content (AvgIpc) is 3.43. The summed E-state index contributed by atoms with van der Waals surface area (Å²) >= 11 is 0. The number of Topliss-reactive ketones (excluding diaryl/α,β-unsaturated/α-hetero) is 2. The molecule has 1 heterocycles. The van der Waals surface area contributed by atoms with Gasteiger partial charge in [-0.2, -0.15) is 0 Å². The van der Waals surface area contributed by atoms with Crippen LogP contribution in [0, 0.1) is 34.0 Å². The lowest BCUT2D eigenvalue weighted by Crippen LogP contribution is -2.64. The van der Waals surface area contributed by atoms with Gasteiger partial charge in [-0.25, -0.2) is 0 Å². The molecule has 5 rings (SSSR count). The van der Waals surface area contributed by atoms with Crippen molar-refractivity contribution in [1.82, 2.24) is 0 Å². The second kappa shape index (κ2) is 7.43. The van der Waals surface area contributed by atoms with E-state index >= 15 is 0 Å². The first kappa shape index (κ1) is 23.1. The fourth-order valence-electron chi connectivity index (χ4n) is 8.44. The molecule has 182 valence electrons. The normalized spacial score (nSPS) is 41.4. The van der Waals surface area contributed by atoms with Crippen LogP contribution in [0.4, 0.5) is 0 Å². The summed E-state index contributed by atoms with van der Waals surface area (Å²) < 4.78 is 11.4. The maximum atomic E-state index is 14.1. The van der Waals surface area contributed by atoms with Gasteiger partial charge in [-0.05, 0) is 55.2 Å². The number of esters is 1. The summed E-state index contributed by atoms with van der Waals surface area (Å²) in [6.45, 7) is 9.69. The van der Waals surface area contributed by atoms with E-state index in [1.807, 2.05) is 13.0 Å². The van der Waals surface area contributed by atoms with E-state index in [0.29, 0.717) is 12.8 Å². The molecule has 34 heavy (non-hydrogen) atoms. The summed E-state index contributed by atoms with van der Waals surface area (Å²) in [6.07, 6.45) is 8.58. The van der Waals surface area contributed by atoms with Gasteiger partial charge >= 0.3 is 5.97 Å². The van der Waals surface area contributed by atoms with Crippen LogP contribution in [0.2, 0.25) is 0 Å². The van der Waals surface area contributed by atoms with E-state index in [9.17, 15) is 19.5 Å². The van der Waals surface area contributed by atoms with Gasteiger partial charge in [0, 0.05) is 36.5 Å². The first-order chi connectivity index (χ1) is 15.9. The van der Waals surface area contributed by atoms with Gasteiger partial charge in [0.2, 0.25) is 0 Å². The molecule has 0 radical (unpaired) electrons. The highest BCUT2D eigenvalue weighted by molar-refractivity contribution is 5.98. The van der Waals surface area contributed by atoms with Crippen LogP contribution in [0.15, 0.2) is 46.5 Å². The third-order valence-electron chi connectivity index (χ3n) is 9.60. The molecule has 0 bridgehead atoms. The van der Waals surface area contributed by atoms with E-state index in [1.165, 1.54) is 6.92 Å². The molecule has 4 aliphatic rings. The Morgan fingerprint density at radius 3 is 2.56 bits per heavy atom. The molecule has 2 saturated carbocycles. The van der Waals surface area contributed by atoms with Gasteiger partial charge in [-0.1, -0.05) is 32.4 Å². The van der Waals surface area contributed by atoms with Crippen molar-refractivity contribution in [2.45, 2.75) is 72.3 Å². The highest BCUT2D eigenvalue weighted by Crippen LogP contribution is 2.72. The van der Waals surface area contributed by atoms with Crippen molar-refractivity contribution in [2.75, 3.05) is 0 Å². The average molecular weight is 467 g/mol. The molecule has 0 amide bonds. The number of hydrogen-bond donors (Lipinski definition) is 1. The molecule has 0 aromatic carbocycles.